The molecule has 21 heavy (non-hydrogen) atoms. The topological polar surface area (TPSA) is 76.3 Å². The minimum Gasteiger partial charge on any atom is -0.334 e. The molecule has 0 aliphatic carbocycles. The molecule has 0 radical (unpaired) electrons. The van der Waals surface area contributed by atoms with Crippen molar-refractivity contribution in [3.05, 3.63) is 55.0 Å². The number of halogens is 1. The Labute approximate surface area is 129 Å². The quantitative estimate of drug-likeness (QED) is 0.483. The Kier molecular flexibility index (Phi) is 3.60. The van der Waals surface area contributed by atoms with Crippen molar-refractivity contribution in [3.8, 4) is 0 Å². The highest BCUT2D eigenvalue weighted by molar-refractivity contribution is 7.10. The second kappa shape index (κ2) is 5.42. The van der Waals surface area contributed by atoms with E-state index in [1.165, 1.54) is 10.9 Å². The summed E-state index contributed by atoms with van der Waals surface area (Å²) >= 11 is 7.43. The number of amides is 1. The van der Waals surface area contributed by atoms with Crippen LogP contribution in [0.2, 0.25) is 5.15 Å². The van der Waals surface area contributed by atoms with E-state index in [-0.39, 0.29) is 22.3 Å². The van der Waals surface area contributed by atoms with Crippen molar-refractivity contribution in [2.75, 3.05) is 6.54 Å². The molecule has 1 aliphatic heterocycles. The Balaban J connectivity index is 1.93. The largest absolute Gasteiger partial charge is 0.334 e. The van der Waals surface area contributed by atoms with Crippen molar-refractivity contribution in [1.82, 2.24) is 9.88 Å². The molecule has 2 aromatic heterocycles. The molecule has 0 atom stereocenters. The maximum absolute atomic E-state index is 12.5. The number of aromatic nitrogens is 1. The molecule has 8 heteroatoms. The first-order valence-electron chi connectivity index (χ1n) is 6.20. The van der Waals surface area contributed by atoms with Gasteiger partial charge in [-0.05, 0) is 29.5 Å². The first-order valence-corrected chi connectivity index (χ1v) is 7.46. The fraction of sp³-hybridized carbons (Fsp3) is 0.231. The van der Waals surface area contributed by atoms with Gasteiger partial charge < -0.3 is 4.90 Å². The smallest absolute Gasteiger partial charge is 0.300 e. The number of rotatable bonds is 2. The van der Waals surface area contributed by atoms with Gasteiger partial charge in [0.1, 0.15) is 16.9 Å². The predicted molar refractivity (Wildman–Crippen MR) is 78.7 cm³/mol. The number of carbonyl (C=O) groups is 1. The lowest BCUT2D eigenvalue weighted by molar-refractivity contribution is -0.385. The zero-order valence-electron chi connectivity index (χ0n) is 10.8. The van der Waals surface area contributed by atoms with Crippen molar-refractivity contribution in [2.45, 2.75) is 13.0 Å². The van der Waals surface area contributed by atoms with Crippen molar-refractivity contribution < 1.29 is 9.72 Å². The van der Waals surface area contributed by atoms with Gasteiger partial charge in [-0.2, -0.15) is 0 Å². The van der Waals surface area contributed by atoms with Gasteiger partial charge in [-0.15, -0.1) is 11.3 Å². The lowest BCUT2D eigenvalue weighted by atomic mass is 10.1. The molecule has 0 aromatic carbocycles. The first-order chi connectivity index (χ1) is 10.1. The Bertz CT molecular complexity index is 731. The number of carbonyl (C=O) groups excluding carboxylic acids is 1. The summed E-state index contributed by atoms with van der Waals surface area (Å²) in [6.45, 7) is 1.01. The van der Waals surface area contributed by atoms with Crippen molar-refractivity contribution in [1.29, 1.82) is 0 Å². The van der Waals surface area contributed by atoms with Crippen LogP contribution in [0.5, 0.6) is 0 Å². The van der Waals surface area contributed by atoms with Crippen LogP contribution >= 0.6 is 22.9 Å². The maximum atomic E-state index is 12.5. The van der Waals surface area contributed by atoms with E-state index < -0.39 is 4.92 Å². The molecule has 3 heterocycles. The van der Waals surface area contributed by atoms with E-state index in [2.05, 4.69) is 4.98 Å². The maximum Gasteiger partial charge on any atom is 0.300 e. The van der Waals surface area contributed by atoms with Gasteiger partial charge in [0.25, 0.3) is 11.6 Å². The third kappa shape index (κ3) is 2.62. The van der Waals surface area contributed by atoms with Crippen molar-refractivity contribution in [3.63, 3.8) is 0 Å². The van der Waals surface area contributed by atoms with Crippen LogP contribution in [0.4, 0.5) is 5.69 Å². The summed E-state index contributed by atoms with van der Waals surface area (Å²) in [4.78, 5) is 29.5. The molecule has 0 spiro atoms. The second-order valence-corrected chi connectivity index (χ2v) is 6.01. The Morgan fingerprint density at radius 1 is 1.52 bits per heavy atom. The Morgan fingerprint density at radius 2 is 2.33 bits per heavy atom. The summed E-state index contributed by atoms with van der Waals surface area (Å²) in [5, 5.41) is 13.1. The summed E-state index contributed by atoms with van der Waals surface area (Å²) in [6, 6.07) is 3.23. The number of fused-ring (bicyclic) bond motifs is 1. The number of nitro groups is 1. The summed E-state index contributed by atoms with van der Waals surface area (Å²) < 4.78 is 0. The van der Waals surface area contributed by atoms with Crippen LogP contribution in [-0.2, 0) is 13.0 Å². The zero-order valence-corrected chi connectivity index (χ0v) is 12.4. The molecule has 6 nitrogen and oxygen atoms in total. The van der Waals surface area contributed by atoms with E-state index in [1.54, 1.807) is 16.2 Å². The molecule has 0 N–H and O–H groups in total. The summed E-state index contributed by atoms with van der Waals surface area (Å²) in [7, 11) is 0. The number of pyridine rings is 1. The van der Waals surface area contributed by atoms with Gasteiger partial charge in [-0.25, -0.2) is 4.98 Å². The van der Waals surface area contributed by atoms with E-state index in [9.17, 15) is 14.9 Å². The van der Waals surface area contributed by atoms with Crippen LogP contribution in [0, 0.1) is 10.1 Å². The van der Waals surface area contributed by atoms with Crippen LogP contribution in [0.25, 0.3) is 0 Å². The SMILES string of the molecule is O=C(c1cc(Cl)ncc1[N+](=O)[O-])N1CCc2sccc2C1. The third-order valence-electron chi connectivity index (χ3n) is 3.37. The highest BCUT2D eigenvalue weighted by Gasteiger charge is 2.28. The number of thiophene rings is 1. The minimum atomic E-state index is -0.615. The lowest BCUT2D eigenvalue weighted by Gasteiger charge is -2.26. The summed E-state index contributed by atoms with van der Waals surface area (Å²) in [5.74, 6) is -0.386. The molecule has 0 fully saturated rings. The number of hydrogen-bond acceptors (Lipinski definition) is 5. The molecular formula is C13H10ClN3O3S. The van der Waals surface area contributed by atoms with E-state index in [4.69, 9.17) is 11.6 Å². The van der Waals surface area contributed by atoms with Gasteiger partial charge in [0.15, 0.2) is 0 Å². The molecule has 0 unspecified atom stereocenters. The monoisotopic (exact) mass is 323 g/mol. The Hall–Kier alpha value is -1.99. The number of hydrogen-bond donors (Lipinski definition) is 0. The zero-order chi connectivity index (χ0) is 15.0. The van der Waals surface area contributed by atoms with Gasteiger partial charge in [0.05, 0.1) is 4.92 Å². The van der Waals surface area contributed by atoms with E-state index >= 15 is 0 Å². The lowest BCUT2D eigenvalue weighted by Crippen LogP contribution is -2.35. The first kappa shape index (κ1) is 14.0. The average Bonchev–Trinajstić information content (AvgIpc) is 2.93. The van der Waals surface area contributed by atoms with Crippen LogP contribution in [0.1, 0.15) is 20.8 Å². The molecule has 0 saturated carbocycles. The van der Waals surface area contributed by atoms with Gasteiger partial charge in [0.2, 0.25) is 0 Å². The van der Waals surface area contributed by atoms with Gasteiger partial charge >= 0.3 is 0 Å². The standard InChI is InChI=1S/C13H10ClN3O3S/c14-12-5-9(10(6-15-12)17(19)20)13(18)16-3-1-11-8(7-16)2-4-21-11/h2,4-6H,1,3,7H2. The number of nitrogens with zero attached hydrogens (tertiary/aromatic N) is 3. The van der Waals surface area contributed by atoms with Gasteiger partial charge in [-0.3, -0.25) is 14.9 Å². The van der Waals surface area contributed by atoms with E-state index in [0.29, 0.717) is 13.1 Å². The highest BCUT2D eigenvalue weighted by Crippen LogP contribution is 2.27. The molecular weight excluding hydrogens is 314 g/mol. The third-order valence-corrected chi connectivity index (χ3v) is 4.60. The van der Waals surface area contributed by atoms with Gasteiger partial charge in [-0.1, -0.05) is 11.6 Å². The van der Waals surface area contributed by atoms with Crippen LogP contribution in [0.3, 0.4) is 0 Å². The fourth-order valence-electron chi connectivity index (χ4n) is 2.33. The van der Waals surface area contributed by atoms with E-state index in [1.807, 2.05) is 11.4 Å². The van der Waals surface area contributed by atoms with Crippen LogP contribution in [-0.4, -0.2) is 27.3 Å². The van der Waals surface area contributed by atoms with E-state index in [0.717, 1.165) is 18.2 Å². The van der Waals surface area contributed by atoms with Gasteiger partial charge in [0, 0.05) is 18.0 Å². The van der Waals surface area contributed by atoms with Crippen LogP contribution in [0.15, 0.2) is 23.7 Å². The summed E-state index contributed by atoms with van der Waals surface area (Å²) in [6.07, 6.45) is 1.79. The molecule has 3 rings (SSSR count). The normalized spacial score (nSPS) is 13.9. The fourth-order valence-corrected chi connectivity index (χ4v) is 3.38. The molecule has 1 amide bonds. The van der Waals surface area contributed by atoms with Crippen molar-refractivity contribution in [2.24, 2.45) is 0 Å². The molecule has 108 valence electrons. The average molecular weight is 324 g/mol. The summed E-state index contributed by atoms with van der Waals surface area (Å²) in [5.41, 5.74) is 0.765. The predicted octanol–water partition coefficient (Wildman–Crippen LogP) is 2.90. The molecule has 1 aliphatic rings. The molecule has 0 saturated heterocycles. The van der Waals surface area contributed by atoms with Crippen molar-refractivity contribution >= 4 is 34.5 Å². The Morgan fingerprint density at radius 3 is 3.10 bits per heavy atom. The second-order valence-electron chi connectivity index (χ2n) is 4.63. The van der Waals surface area contributed by atoms with Crippen LogP contribution < -0.4 is 0 Å². The highest BCUT2D eigenvalue weighted by atomic mass is 35.5. The minimum absolute atomic E-state index is 0.0151. The molecule has 2 aromatic rings. The molecule has 0 bridgehead atoms.